The third-order valence-electron chi connectivity index (χ3n) is 1.45. The fourth-order valence-corrected chi connectivity index (χ4v) is 0.885. The van der Waals surface area contributed by atoms with E-state index in [2.05, 4.69) is 10.3 Å². The maximum absolute atomic E-state index is 12.1. The standard InChI is InChI=1S/C5H5F3N4O2/c1-2-11-4(12(13)14)3(9-10-11)5(6,7)8/h2H2,1H3. The zero-order valence-electron chi connectivity index (χ0n) is 6.95. The molecule has 6 nitrogen and oxygen atoms in total. The molecule has 1 aromatic rings. The largest absolute Gasteiger partial charge is 0.443 e. The van der Waals surface area contributed by atoms with E-state index >= 15 is 0 Å². The normalized spacial score (nSPS) is 11.7. The Labute approximate surface area is 75.5 Å². The minimum atomic E-state index is -4.85. The first-order chi connectivity index (χ1) is 6.38. The Balaban J connectivity index is 3.32. The van der Waals surface area contributed by atoms with Crippen LogP contribution in [0.1, 0.15) is 12.6 Å². The molecular formula is C5H5F3N4O2. The van der Waals surface area contributed by atoms with Crippen LogP contribution in [0.15, 0.2) is 0 Å². The molecule has 0 atom stereocenters. The highest BCUT2D eigenvalue weighted by molar-refractivity contribution is 5.27. The summed E-state index contributed by atoms with van der Waals surface area (Å²) < 4.78 is 37.0. The number of alkyl halides is 3. The Morgan fingerprint density at radius 3 is 2.50 bits per heavy atom. The van der Waals surface area contributed by atoms with Gasteiger partial charge >= 0.3 is 12.0 Å². The van der Waals surface area contributed by atoms with Gasteiger partial charge < -0.3 is 10.1 Å². The molecule has 1 rings (SSSR count). The van der Waals surface area contributed by atoms with E-state index in [-0.39, 0.29) is 6.54 Å². The smallest absolute Gasteiger partial charge is 0.358 e. The molecule has 0 aliphatic rings. The van der Waals surface area contributed by atoms with Gasteiger partial charge in [-0.2, -0.15) is 13.2 Å². The van der Waals surface area contributed by atoms with Crippen molar-refractivity contribution in [2.45, 2.75) is 19.6 Å². The van der Waals surface area contributed by atoms with E-state index < -0.39 is 22.6 Å². The Morgan fingerprint density at radius 2 is 2.14 bits per heavy atom. The van der Waals surface area contributed by atoms with Gasteiger partial charge in [0.25, 0.3) is 5.69 Å². The van der Waals surface area contributed by atoms with Crippen molar-refractivity contribution in [3.8, 4) is 0 Å². The fourth-order valence-electron chi connectivity index (χ4n) is 0.885. The summed E-state index contributed by atoms with van der Waals surface area (Å²) in [4.78, 5) is 9.17. The second-order valence-electron chi connectivity index (χ2n) is 2.33. The van der Waals surface area contributed by atoms with Gasteiger partial charge in [0.05, 0.1) is 0 Å². The lowest BCUT2D eigenvalue weighted by atomic mass is 10.4. The minimum absolute atomic E-state index is 0.0423. The van der Waals surface area contributed by atoms with Crippen molar-refractivity contribution in [2.75, 3.05) is 0 Å². The second-order valence-corrected chi connectivity index (χ2v) is 2.33. The fraction of sp³-hybridized carbons (Fsp3) is 0.600. The molecule has 0 bridgehead atoms. The molecular weight excluding hydrogens is 205 g/mol. The summed E-state index contributed by atoms with van der Waals surface area (Å²) >= 11 is 0. The average Bonchev–Trinajstić information content (AvgIpc) is 2.45. The van der Waals surface area contributed by atoms with Crippen LogP contribution >= 0.6 is 0 Å². The summed E-state index contributed by atoms with van der Waals surface area (Å²) in [6.45, 7) is 1.39. The third kappa shape index (κ3) is 1.65. The summed E-state index contributed by atoms with van der Waals surface area (Å²) in [5, 5.41) is 16.1. The van der Waals surface area contributed by atoms with Gasteiger partial charge in [0, 0.05) is 5.21 Å². The predicted octanol–water partition coefficient (Wildman–Crippen LogP) is 1.22. The van der Waals surface area contributed by atoms with Crippen LogP contribution in [-0.4, -0.2) is 19.9 Å². The highest BCUT2D eigenvalue weighted by Gasteiger charge is 2.44. The summed E-state index contributed by atoms with van der Waals surface area (Å²) in [6.07, 6.45) is -4.85. The van der Waals surface area contributed by atoms with Gasteiger partial charge in [0.2, 0.25) is 0 Å². The van der Waals surface area contributed by atoms with E-state index in [9.17, 15) is 23.3 Å². The first-order valence-corrected chi connectivity index (χ1v) is 3.53. The van der Waals surface area contributed by atoms with Crippen LogP contribution in [0.3, 0.4) is 0 Å². The number of nitrogens with zero attached hydrogens (tertiary/aromatic N) is 4. The van der Waals surface area contributed by atoms with Crippen molar-refractivity contribution in [1.29, 1.82) is 0 Å². The molecule has 0 amide bonds. The first-order valence-electron chi connectivity index (χ1n) is 3.53. The number of aryl methyl sites for hydroxylation is 1. The Morgan fingerprint density at radius 1 is 1.57 bits per heavy atom. The van der Waals surface area contributed by atoms with Crippen LogP contribution in [-0.2, 0) is 12.7 Å². The highest BCUT2D eigenvalue weighted by atomic mass is 19.4. The average molecular weight is 210 g/mol. The summed E-state index contributed by atoms with van der Waals surface area (Å²) in [7, 11) is 0. The summed E-state index contributed by atoms with van der Waals surface area (Å²) in [5.74, 6) is -1.12. The molecule has 0 saturated heterocycles. The maximum Gasteiger partial charge on any atom is 0.443 e. The lowest BCUT2D eigenvalue weighted by Crippen LogP contribution is -2.10. The third-order valence-corrected chi connectivity index (χ3v) is 1.45. The van der Waals surface area contributed by atoms with E-state index in [0.717, 1.165) is 0 Å². The number of hydrogen-bond donors (Lipinski definition) is 0. The Hall–Kier alpha value is -1.67. The first kappa shape index (κ1) is 10.4. The van der Waals surface area contributed by atoms with Gasteiger partial charge in [-0.15, -0.1) is 4.68 Å². The molecule has 14 heavy (non-hydrogen) atoms. The second kappa shape index (κ2) is 3.24. The highest BCUT2D eigenvalue weighted by Crippen LogP contribution is 2.33. The van der Waals surface area contributed by atoms with Crippen molar-refractivity contribution in [3.05, 3.63) is 15.8 Å². The number of rotatable bonds is 2. The van der Waals surface area contributed by atoms with Crippen molar-refractivity contribution in [2.24, 2.45) is 0 Å². The summed E-state index contributed by atoms with van der Waals surface area (Å²) in [5.41, 5.74) is -1.57. The number of halogens is 3. The van der Waals surface area contributed by atoms with Crippen molar-refractivity contribution < 1.29 is 18.1 Å². The molecule has 0 spiro atoms. The van der Waals surface area contributed by atoms with Gasteiger partial charge in [-0.25, -0.2) is 0 Å². The molecule has 0 fully saturated rings. The van der Waals surface area contributed by atoms with Gasteiger partial charge in [0.15, 0.2) is 0 Å². The van der Waals surface area contributed by atoms with Gasteiger partial charge in [-0.3, -0.25) is 0 Å². The summed E-state index contributed by atoms with van der Waals surface area (Å²) in [6, 6.07) is 0. The van der Waals surface area contributed by atoms with E-state index in [1.54, 1.807) is 0 Å². The van der Waals surface area contributed by atoms with Crippen molar-refractivity contribution in [1.82, 2.24) is 15.0 Å². The van der Waals surface area contributed by atoms with Gasteiger partial charge in [-0.1, -0.05) is 5.10 Å². The van der Waals surface area contributed by atoms with E-state index in [1.807, 2.05) is 0 Å². The molecule has 0 N–H and O–H groups in total. The molecule has 0 radical (unpaired) electrons. The molecule has 78 valence electrons. The van der Waals surface area contributed by atoms with E-state index in [1.165, 1.54) is 6.92 Å². The Kier molecular flexibility index (Phi) is 2.41. The van der Waals surface area contributed by atoms with Gasteiger partial charge in [-0.05, 0) is 11.8 Å². The van der Waals surface area contributed by atoms with Crippen LogP contribution in [0.4, 0.5) is 19.0 Å². The molecule has 0 unspecified atom stereocenters. The van der Waals surface area contributed by atoms with Crippen LogP contribution in [0, 0.1) is 10.1 Å². The SMILES string of the molecule is CCn1nnc(C(F)(F)F)c1[N+](=O)[O-]. The van der Waals surface area contributed by atoms with Crippen molar-refractivity contribution in [3.63, 3.8) is 0 Å². The lowest BCUT2D eigenvalue weighted by molar-refractivity contribution is -0.395. The zero-order chi connectivity index (χ0) is 10.9. The van der Waals surface area contributed by atoms with Crippen LogP contribution < -0.4 is 0 Å². The Bertz CT molecular complexity index is 358. The molecule has 0 aliphatic heterocycles. The van der Waals surface area contributed by atoms with Crippen LogP contribution in [0.25, 0.3) is 0 Å². The lowest BCUT2D eigenvalue weighted by Gasteiger charge is -2.01. The van der Waals surface area contributed by atoms with Gasteiger partial charge in [0.1, 0.15) is 6.54 Å². The molecule has 0 saturated carbocycles. The maximum atomic E-state index is 12.1. The number of hydrogen-bond acceptors (Lipinski definition) is 4. The van der Waals surface area contributed by atoms with E-state index in [4.69, 9.17) is 0 Å². The molecule has 0 aliphatic carbocycles. The quantitative estimate of drug-likeness (QED) is 0.543. The van der Waals surface area contributed by atoms with Crippen LogP contribution in [0.2, 0.25) is 0 Å². The van der Waals surface area contributed by atoms with Crippen LogP contribution in [0.5, 0.6) is 0 Å². The number of nitro groups is 1. The molecule has 0 aromatic carbocycles. The molecule has 9 heteroatoms. The van der Waals surface area contributed by atoms with Crippen molar-refractivity contribution >= 4 is 5.82 Å². The monoisotopic (exact) mass is 210 g/mol. The minimum Gasteiger partial charge on any atom is -0.358 e. The predicted molar refractivity (Wildman–Crippen MR) is 37.4 cm³/mol. The molecule has 1 aromatic heterocycles. The topological polar surface area (TPSA) is 73.8 Å². The molecule has 1 heterocycles. The van der Waals surface area contributed by atoms with E-state index in [0.29, 0.717) is 4.68 Å². The zero-order valence-corrected chi connectivity index (χ0v) is 6.95. The number of aromatic nitrogens is 3.